The van der Waals surface area contributed by atoms with E-state index in [0.717, 1.165) is 0 Å². The highest BCUT2D eigenvalue weighted by Gasteiger charge is 2.69. The number of nitrogens with two attached hydrogens (primary N) is 1. The van der Waals surface area contributed by atoms with Gasteiger partial charge in [0.2, 0.25) is 0 Å². The van der Waals surface area contributed by atoms with Crippen LogP contribution in [0.4, 0.5) is 13.2 Å². The molecule has 4 rings (SSSR count). The lowest BCUT2D eigenvalue weighted by molar-refractivity contribution is -0.188. The van der Waals surface area contributed by atoms with Crippen LogP contribution in [0.2, 0.25) is 0 Å². The van der Waals surface area contributed by atoms with E-state index in [-0.39, 0.29) is 50.9 Å². The average Bonchev–Trinajstić information content (AvgIpc) is 1.67. The second-order valence-electron chi connectivity index (χ2n) is 5.88. The molecule has 0 spiro atoms. The lowest BCUT2D eigenvalue weighted by atomic mass is 9.49. The van der Waals surface area contributed by atoms with E-state index < -0.39 is 22.5 Å². The first kappa shape index (κ1) is 11.5. The highest BCUT2D eigenvalue weighted by molar-refractivity contribution is 5.85. The summed E-state index contributed by atoms with van der Waals surface area (Å²) in [6, 6.07) is 0. The smallest absolute Gasteiger partial charge is 0.118 e. The summed E-state index contributed by atoms with van der Waals surface area (Å²) in [5, 5.41) is 0. The largest absolute Gasteiger partial charge is 0.325 e. The quantitative estimate of drug-likeness (QED) is 0.693. The number of hydrogen-bond acceptors (Lipinski definition) is 1. The van der Waals surface area contributed by atoms with Gasteiger partial charge < -0.3 is 5.73 Å². The fourth-order valence-electron chi connectivity index (χ4n) is 4.35. The minimum absolute atomic E-state index is 0. The Bertz CT molecular complexity index is 213. The van der Waals surface area contributed by atoms with E-state index in [1.165, 1.54) is 0 Å². The zero-order chi connectivity index (χ0) is 10.2. The van der Waals surface area contributed by atoms with Crippen LogP contribution in [0.25, 0.3) is 0 Å². The molecule has 88 valence electrons. The van der Waals surface area contributed by atoms with Crippen molar-refractivity contribution in [3.63, 3.8) is 0 Å². The molecular weight excluding hydrogens is 227 g/mol. The molecule has 5 heteroatoms. The first-order valence-corrected chi connectivity index (χ1v) is 5.10. The van der Waals surface area contributed by atoms with Gasteiger partial charge in [-0.1, -0.05) is 0 Å². The summed E-state index contributed by atoms with van der Waals surface area (Å²) in [6.07, 6.45) is -0.0358. The van der Waals surface area contributed by atoms with E-state index in [0.29, 0.717) is 0 Å². The molecule has 0 amide bonds. The Morgan fingerprint density at radius 2 is 0.933 bits per heavy atom. The van der Waals surface area contributed by atoms with E-state index in [2.05, 4.69) is 0 Å². The van der Waals surface area contributed by atoms with Gasteiger partial charge in [0.25, 0.3) is 0 Å². The summed E-state index contributed by atoms with van der Waals surface area (Å²) < 4.78 is 42.2. The Morgan fingerprint density at radius 3 is 1.13 bits per heavy atom. The predicted octanol–water partition coefficient (Wildman–Crippen LogP) is 2.61. The van der Waals surface area contributed by atoms with Gasteiger partial charge in [0, 0.05) is 24.8 Å². The summed E-state index contributed by atoms with van der Waals surface area (Å²) in [7, 11) is 0. The minimum Gasteiger partial charge on any atom is -0.325 e. The van der Waals surface area contributed by atoms with Crippen LogP contribution in [-0.2, 0) is 0 Å². The van der Waals surface area contributed by atoms with Crippen molar-refractivity contribution in [3.05, 3.63) is 0 Å². The van der Waals surface area contributed by atoms with Crippen LogP contribution in [-0.4, -0.2) is 22.5 Å². The van der Waals surface area contributed by atoms with Crippen LogP contribution in [0.1, 0.15) is 38.5 Å². The maximum absolute atomic E-state index is 14.1. The van der Waals surface area contributed by atoms with Crippen molar-refractivity contribution in [3.8, 4) is 0 Å². The molecule has 4 saturated carbocycles. The highest BCUT2D eigenvalue weighted by Crippen LogP contribution is 2.63. The number of hydrogen-bond donors (Lipinski definition) is 1. The summed E-state index contributed by atoms with van der Waals surface area (Å²) in [4.78, 5) is 0. The van der Waals surface area contributed by atoms with Crippen molar-refractivity contribution >= 4 is 12.4 Å². The van der Waals surface area contributed by atoms with Gasteiger partial charge in [-0.2, -0.15) is 0 Å². The predicted molar refractivity (Wildman–Crippen MR) is 53.4 cm³/mol. The summed E-state index contributed by atoms with van der Waals surface area (Å²) in [5.74, 6) is 0. The van der Waals surface area contributed by atoms with E-state index >= 15 is 0 Å². The molecule has 0 atom stereocenters. The van der Waals surface area contributed by atoms with Crippen molar-refractivity contribution in [2.24, 2.45) is 5.73 Å². The van der Waals surface area contributed by atoms with Crippen LogP contribution in [0, 0.1) is 0 Å². The minimum atomic E-state index is -1.69. The molecule has 0 aromatic heterocycles. The first-order chi connectivity index (χ1) is 6.24. The highest BCUT2D eigenvalue weighted by atomic mass is 35.5. The van der Waals surface area contributed by atoms with Gasteiger partial charge in [0.05, 0.1) is 0 Å². The summed E-state index contributed by atoms with van der Waals surface area (Å²) in [6.45, 7) is 0. The van der Waals surface area contributed by atoms with Gasteiger partial charge in [0.1, 0.15) is 17.0 Å². The van der Waals surface area contributed by atoms with Gasteiger partial charge in [-0.3, -0.25) is 0 Å². The SMILES string of the molecule is Cl.NC12CC3(F)CC(F)(C1)CC(F)(C2)C3. The van der Waals surface area contributed by atoms with Crippen LogP contribution >= 0.6 is 12.4 Å². The molecule has 4 fully saturated rings. The summed E-state index contributed by atoms with van der Waals surface area (Å²) >= 11 is 0. The molecule has 0 unspecified atom stereocenters. The third-order valence-electron chi connectivity index (χ3n) is 3.91. The monoisotopic (exact) mass is 241 g/mol. The van der Waals surface area contributed by atoms with Crippen LogP contribution in [0.3, 0.4) is 0 Å². The van der Waals surface area contributed by atoms with E-state index in [1.807, 2.05) is 0 Å². The first-order valence-electron chi connectivity index (χ1n) is 5.10. The zero-order valence-corrected chi connectivity index (χ0v) is 9.18. The number of alkyl halides is 3. The van der Waals surface area contributed by atoms with Gasteiger partial charge >= 0.3 is 0 Å². The molecule has 1 nitrogen and oxygen atoms in total. The van der Waals surface area contributed by atoms with E-state index in [1.54, 1.807) is 0 Å². The summed E-state index contributed by atoms with van der Waals surface area (Å²) in [5.41, 5.74) is -0.144. The molecule has 0 saturated heterocycles. The Hall–Kier alpha value is 0.0400. The van der Waals surface area contributed by atoms with Gasteiger partial charge in [-0.15, -0.1) is 12.4 Å². The van der Waals surface area contributed by atoms with Crippen LogP contribution < -0.4 is 5.73 Å². The molecule has 0 heterocycles. The fraction of sp³-hybridized carbons (Fsp3) is 1.00. The topological polar surface area (TPSA) is 26.0 Å². The Kier molecular flexibility index (Phi) is 2.03. The molecule has 2 N–H and O–H groups in total. The standard InChI is InChI=1S/C10H14F3N.ClH/c11-7-1-8(12)3-9(13,2-7)6-10(14,4-7)5-8;/h1-6,14H2;1H. The van der Waals surface area contributed by atoms with Crippen molar-refractivity contribution in [2.45, 2.75) is 61.1 Å². The maximum Gasteiger partial charge on any atom is 0.118 e. The van der Waals surface area contributed by atoms with Gasteiger partial charge in [-0.05, 0) is 19.3 Å². The Balaban J connectivity index is 0.000000853. The second-order valence-corrected chi connectivity index (χ2v) is 5.88. The third-order valence-corrected chi connectivity index (χ3v) is 3.91. The van der Waals surface area contributed by atoms with E-state index in [4.69, 9.17) is 5.73 Å². The van der Waals surface area contributed by atoms with Crippen molar-refractivity contribution in [2.75, 3.05) is 0 Å². The second kappa shape index (κ2) is 2.65. The lowest BCUT2D eigenvalue weighted by Gasteiger charge is -2.62. The Morgan fingerprint density at radius 1 is 0.667 bits per heavy atom. The number of halogens is 4. The molecule has 0 aromatic rings. The Labute approximate surface area is 93.0 Å². The van der Waals surface area contributed by atoms with Crippen molar-refractivity contribution in [1.29, 1.82) is 0 Å². The molecular formula is C10H15ClF3N. The third kappa shape index (κ3) is 1.57. The average molecular weight is 242 g/mol. The van der Waals surface area contributed by atoms with Gasteiger partial charge in [-0.25, -0.2) is 13.2 Å². The molecule has 4 aliphatic carbocycles. The van der Waals surface area contributed by atoms with Gasteiger partial charge in [0.15, 0.2) is 0 Å². The van der Waals surface area contributed by atoms with Crippen molar-refractivity contribution in [1.82, 2.24) is 0 Å². The molecule has 0 aromatic carbocycles. The van der Waals surface area contributed by atoms with E-state index in [9.17, 15) is 13.2 Å². The van der Waals surface area contributed by atoms with Crippen LogP contribution in [0.5, 0.6) is 0 Å². The molecule has 0 radical (unpaired) electrons. The fourth-order valence-corrected chi connectivity index (χ4v) is 4.35. The maximum atomic E-state index is 14.1. The zero-order valence-electron chi connectivity index (χ0n) is 8.36. The number of rotatable bonds is 0. The molecule has 4 bridgehead atoms. The molecule has 0 aliphatic heterocycles. The molecule has 15 heavy (non-hydrogen) atoms. The lowest BCUT2D eigenvalue weighted by Crippen LogP contribution is -2.71. The normalized spacial score (nSPS) is 61.6. The van der Waals surface area contributed by atoms with Crippen LogP contribution in [0.15, 0.2) is 0 Å². The molecule has 4 aliphatic rings. The van der Waals surface area contributed by atoms with Crippen molar-refractivity contribution < 1.29 is 13.2 Å².